The van der Waals surface area contributed by atoms with Crippen LogP contribution in [-0.2, 0) is 16.2 Å². The van der Waals surface area contributed by atoms with Crippen LogP contribution in [0.5, 0.6) is 0 Å². The number of nitrogens with one attached hydrogen (secondary N) is 1. The van der Waals surface area contributed by atoms with Crippen LogP contribution in [0.3, 0.4) is 0 Å². The van der Waals surface area contributed by atoms with Gasteiger partial charge in [-0.05, 0) is 32.0 Å². The second kappa shape index (κ2) is 6.85. The first-order valence-corrected chi connectivity index (χ1v) is 9.73. The third kappa shape index (κ3) is 3.74. The molecule has 1 fully saturated rings. The summed E-state index contributed by atoms with van der Waals surface area (Å²) in [5.74, 6) is -0.405. The van der Waals surface area contributed by atoms with Gasteiger partial charge in [0.25, 0.3) is 5.91 Å². The second-order valence-corrected chi connectivity index (χ2v) is 8.86. The summed E-state index contributed by atoms with van der Waals surface area (Å²) in [6, 6.07) is 3.64. The largest absolute Gasteiger partial charge is 0.416 e. The molecular formula is C16H18F3N5O3S. The summed E-state index contributed by atoms with van der Waals surface area (Å²) in [5, 5.41) is 9.56. The fourth-order valence-corrected chi connectivity index (χ4v) is 5.00. The highest BCUT2D eigenvalue weighted by atomic mass is 32.2. The number of aromatic amines is 1. The number of H-pyrrole nitrogens is 1. The van der Waals surface area contributed by atoms with Crippen molar-refractivity contribution in [2.75, 3.05) is 19.6 Å². The Morgan fingerprint density at radius 1 is 1.25 bits per heavy atom. The van der Waals surface area contributed by atoms with Gasteiger partial charge in [-0.25, -0.2) is 8.42 Å². The van der Waals surface area contributed by atoms with Crippen molar-refractivity contribution in [1.82, 2.24) is 24.6 Å². The molecular weight excluding hydrogens is 399 g/mol. The Morgan fingerprint density at radius 2 is 1.96 bits per heavy atom. The van der Waals surface area contributed by atoms with Gasteiger partial charge in [0.05, 0.1) is 16.7 Å². The van der Waals surface area contributed by atoms with E-state index in [9.17, 15) is 26.4 Å². The summed E-state index contributed by atoms with van der Waals surface area (Å²) in [4.78, 5) is 13.4. The minimum Gasteiger partial charge on any atom is -0.334 e. The quantitative estimate of drug-likeness (QED) is 0.820. The molecule has 0 atom stereocenters. The minimum absolute atomic E-state index is 0.0525. The summed E-state index contributed by atoms with van der Waals surface area (Å²) in [6.07, 6.45) is -3.31. The molecule has 0 bridgehead atoms. The van der Waals surface area contributed by atoms with Crippen molar-refractivity contribution < 1.29 is 26.4 Å². The van der Waals surface area contributed by atoms with Crippen molar-refractivity contribution in [3.8, 4) is 0 Å². The molecule has 1 aromatic heterocycles. The summed E-state index contributed by atoms with van der Waals surface area (Å²) >= 11 is 0. The molecule has 12 heteroatoms. The summed E-state index contributed by atoms with van der Waals surface area (Å²) in [6.45, 7) is 3.29. The zero-order valence-electron chi connectivity index (χ0n) is 15.1. The fourth-order valence-electron chi connectivity index (χ4n) is 3.19. The smallest absolute Gasteiger partial charge is 0.334 e. The Morgan fingerprint density at radius 3 is 2.54 bits per heavy atom. The first-order chi connectivity index (χ1) is 12.9. The number of piperazine rings is 1. The second-order valence-electron chi connectivity index (χ2n) is 7.00. The maximum absolute atomic E-state index is 13.0. The van der Waals surface area contributed by atoms with E-state index in [4.69, 9.17) is 0 Å². The molecule has 3 rings (SSSR count). The molecule has 0 spiro atoms. The SMILES string of the molecule is CC1(C)CN(C(=O)c2c[nH]nn2)CCN1S(=O)(=O)c1cccc(C(F)(F)F)c1. The van der Waals surface area contributed by atoms with E-state index in [0.717, 1.165) is 22.5 Å². The van der Waals surface area contributed by atoms with E-state index >= 15 is 0 Å². The molecule has 2 aromatic rings. The topological polar surface area (TPSA) is 99.3 Å². The molecule has 8 nitrogen and oxygen atoms in total. The number of amides is 1. The maximum atomic E-state index is 13.0. The molecule has 0 unspecified atom stereocenters. The van der Waals surface area contributed by atoms with Crippen LogP contribution in [0.1, 0.15) is 29.9 Å². The molecule has 0 saturated carbocycles. The predicted octanol–water partition coefficient (Wildman–Crippen LogP) is 1.75. The van der Waals surface area contributed by atoms with Gasteiger partial charge in [-0.3, -0.25) is 9.89 Å². The number of sulfonamides is 1. The van der Waals surface area contributed by atoms with E-state index in [2.05, 4.69) is 15.4 Å². The van der Waals surface area contributed by atoms with E-state index in [0.29, 0.717) is 6.07 Å². The minimum atomic E-state index is -4.65. The predicted molar refractivity (Wildman–Crippen MR) is 91.7 cm³/mol. The van der Waals surface area contributed by atoms with Crippen LogP contribution in [0, 0.1) is 0 Å². The molecule has 1 aliphatic heterocycles. The molecule has 152 valence electrons. The van der Waals surface area contributed by atoms with Crippen LogP contribution in [0.15, 0.2) is 35.4 Å². The van der Waals surface area contributed by atoms with Gasteiger partial charge >= 0.3 is 6.18 Å². The number of carbonyl (C=O) groups excluding carboxylic acids is 1. The Balaban J connectivity index is 1.87. The van der Waals surface area contributed by atoms with Crippen molar-refractivity contribution in [3.05, 3.63) is 41.7 Å². The zero-order chi connectivity index (χ0) is 20.7. The van der Waals surface area contributed by atoms with Crippen LogP contribution >= 0.6 is 0 Å². The summed E-state index contributed by atoms with van der Waals surface area (Å²) < 4.78 is 66.0. The van der Waals surface area contributed by atoms with Crippen LogP contribution in [0.4, 0.5) is 13.2 Å². The van der Waals surface area contributed by atoms with Crippen LogP contribution in [0.2, 0.25) is 0 Å². The van der Waals surface area contributed by atoms with Crippen LogP contribution < -0.4 is 0 Å². The monoisotopic (exact) mass is 417 g/mol. The lowest BCUT2D eigenvalue weighted by molar-refractivity contribution is -0.137. The van der Waals surface area contributed by atoms with E-state index in [-0.39, 0.29) is 25.3 Å². The Hall–Kier alpha value is -2.47. The van der Waals surface area contributed by atoms with E-state index in [1.54, 1.807) is 13.8 Å². The van der Waals surface area contributed by atoms with Crippen molar-refractivity contribution in [2.24, 2.45) is 0 Å². The molecule has 2 heterocycles. The van der Waals surface area contributed by atoms with Crippen LogP contribution in [-0.4, -0.2) is 64.1 Å². The number of nitrogens with zero attached hydrogens (tertiary/aromatic N) is 4. The van der Waals surface area contributed by atoms with Gasteiger partial charge in [-0.2, -0.15) is 17.5 Å². The molecule has 0 aliphatic carbocycles. The number of hydrogen-bond donors (Lipinski definition) is 1. The standard InChI is InChI=1S/C16H18F3N5O3S/c1-15(2)10-23(14(25)13-9-20-22-21-13)6-7-24(15)28(26,27)12-5-3-4-11(8-12)16(17,18)19/h3-5,8-9H,6-7,10H2,1-2H3,(H,20,21,22). The summed E-state index contributed by atoms with van der Waals surface area (Å²) in [5.41, 5.74) is -1.97. The van der Waals surface area contributed by atoms with Gasteiger partial charge in [0.2, 0.25) is 10.0 Å². The van der Waals surface area contributed by atoms with Gasteiger partial charge < -0.3 is 4.90 Å². The third-order valence-corrected chi connectivity index (χ3v) is 6.61. The fraction of sp³-hybridized carbons (Fsp3) is 0.438. The van der Waals surface area contributed by atoms with Gasteiger partial charge in [0, 0.05) is 25.2 Å². The van der Waals surface area contributed by atoms with Gasteiger partial charge in [0.15, 0.2) is 5.69 Å². The lowest BCUT2D eigenvalue weighted by Gasteiger charge is -2.45. The average molecular weight is 417 g/mol. The maximum Gasteiger partial charge on any atom is 0.416 e. The number of benzene rings is 1. The Kier molecular flexibility index (Phi) is 4.96. The van der Waals surface area contributed by atoms with Gasteiger partial charge in [0.1, 0.15) is 0 Å². The lowest BCUT2D eigenvalue weighted by Crippen LogP contribution is -2.61. The average Bonchev–Trinajstić information content (AvgIpc) is 3.14. The Bertz CT molecular complexity index is 974. The normalized spacial score (nSPS) is 18.2. The first-order valence-electron chi connectivity index (χ1n) is 8.29. The molecule has 28 heavy (non-hydrogen) atoms. The first kappa shape index (κ1) is 20.3. The van der Waals surface area contributed by atoms with E-state index in [1.165, 1.54) is 11.1 Å². The summed E-state index contributed by atoms with van der Waals surface area (Å²) in [7, 11) is -4.19. The highest BCUT2D eigenvalue weighted by Gasteiger charge is 2.43. The third-order valence-electron chi connectivity index (χ3n) is 4.50. The molecule has 1 N–H and O–H groups in total. The molecule has 1 saturated heterocycles. The van der Waals surface area contributed by atoms with Crippen molar-refractivity contribution in [2.45, 2.75) is 30.5 Å². The van der Waals surface area contributed by atoms with Crippen LogP contribution in [0.25, 0.3) is 0 Å². The van der Waals surface area contributed by atoms with E-state index in [1.807, 2.05) is 0 Å². The zero-order valence-corrected chi connectivity index (χ0v) is 15.9. The molecule has 1 aromatic carbocycles. The molecule has 0 radical (unpaired) electrons. The lowest BCUT2D eigenvalue weighted by atomic mass is 10.0. The number of rotatable bonds is 3. The van der Waals surface area contributed by atoms with Gasteiger partial charge in [-0.15, -0.1) is 5.10 Å². The highest BCUT2D eigenvalue weighted by molar-refractivity contribution is 7.89. The Labute approximate surface area is 159 Å². The highest BCUT2D eigenvalue weighted by Crippen LogP contribution is 2.33. The number of halogens is 3. The van der Waals surface area contributed by atoms with Crippen molar-refractivity contribution >= 4 is 15.9 Å². The number of hydrogen-bond acceptors (Lipinski definition) is 5. The molecule has 1 aliphatic rings. The van der Waals surface area contributed by atoms with Gasteiger partial charge in [-0.1, -0.05) is 11.3 Å². The number of carbonyl (C=O) groups is 1. The number of aromatic nitrogens is 3. The van der Waals surface area contributed by atoms with Crippen molar-refractivity contribution in [1.29, 1.82) is 0 Å². The van der Waals surface area contributed by atoms with E-state index < -0.39 is 38.1 Å². The molecule has 1 amide bonds. The number of alkyl halides is 3. The van der Waals surface area contributed by atoms with Crippen molar-refractivity contribution in [3.63, 3.8) is 0 Å².